The Bertz CT molecular complexity index is 252. The van der Waals surface area contributed by atoms with Crippen LogP contribution in [0.25, 0.3) is 0 Å². The van der Waals surface area contributed by atoms with Gasteiger partial charge in [-0.2, -0.15) is 0 Å². The van der Waals surface area contributed by atoms with E-state index in [-0.39, 0.29) is 0 Å². The maximum atomic E-state index is 11.0. The van der Waals surface area contributed by atoms with Gasteiger partial charge >= 0.3 is 5.97 Å². The molecule has 6 nitrogen and oxygen atoms in total. The third-order valence-corrected chi connectivity index (χ3v) is 2.85. The van der Waals surface area contributed by atoms with Gasteiger partial charge in [-0.25, -0.2) is 0 Å². The number of carbonyl (C=O) groups is 1. The van der Waals surface area contributed by atoms with Crippen molar-refractivity contribution in [1.29, 1.82) is 0 Å². The van der Waals surface area contributed by atoms with Crippen molar-refractivity contribution < 1.29 is 19.4 Å². The van der Waals surface area contributed by atoms with Crippen molar-refractivity contribution in [3.8, 4) is 0 Å². The second-order valence-corrected chi connectivity index (χ2v) is 3.92. The first-order valence-electron chi connectivity index (χ1n) is 5.06. The van der Waals surface area contributed by atoms with Crippen LogP contribution in [0.1, 0.15) is 6.42 Å². The first-order chi connectivity index (χ1) is 7.17. The molecule has 0 amide bonds. The molecule has 2 saturated heterocycles. The van der Waals surface area contributed by atoms with Crippen LogP contribution < -0.4 is 5.32 Å². The third kappa shape index (κ3) is 1.98. The van der Waals surface area contributed by atoms with E-state index >= 15 is 0 Å². The van der Waals surface area contributed by atoms with Gasteiger partial charge in [-0.15, -0.1) is 0 Å². The number of rotatable bonds is 3. The lowest BCUT2D eigenvalue weighted by Crippen LogP contribution is -2.41. The van der Waals surface area contributed by atoms with Crippen LogP contribution in [0.3, 0.4) is 0 Å². The van der Waals surface area contributed by atoms with Crippen LogP contribution in [-0.4, -0.2) is 61.3 Å². The van der Waals surface area contributed by atoms with Gasteiger partial charge in [0.1, 0.15) is 6.04 Å². The zero-order valence-electron chi connectivity index (χ0n) is 8.73. The molecule has 0 aromatic carbocycles. The van der Waals surface area contributed by atoms with Crippen LogP contribution in [0.2, 0.25) is 0 Å². The maximum Gasteiger partial charge on any atom is 0.321 e. The summed E-state index contributed by atoms with van der Waals surface area (Å²) in [6.45, 7) is 2.16. The molecule has 1 spiro atoms. The molecule has 2 heterocycles. The lowest BCUT2D eigenvalue weighted by molar-refractivity contribution is -0.150. The second kappa shape index (κ2) is 4.05. The van der Waals surface area contributed by atoms with E-state index in [0.717, 1.165) is 0 Å². The molecular formula is C9H16N2O4. The van der Waals surface area contributed by atoms with Crippen LogP contribution in [0.15, 0.2) is 0 Å². The summed E-state index contributed by atoms with van der Waals surface area (Å²) in [4.78, 5) is 12.9. The van der Waals surface area contributed by atoms with Gasteiger partial charge in [-0.1, -0.05) is 0 Å². The monoisotopic (exact) mass is 216 g/mol. The van der Waals surface area contributed by atoms with Crippen LogP contribution >= 0.6 is 0 Å². The lowest BCUT2D eigenvalue weighted by atomic mass is 10.1. The highest BCUT2D eigenvalue weighted by molar-refractivity contribution is 5.74. The molecule has 2 fully saturated rings. The number of carboxylic acids is 1. The number of hydrogen-bond acceptors (Lipinski definition) is 5. The van der Waals surface area contributed by atoms with Gasteiger partial charge in [-0.3, -0.25) is 9.69 Å². The average molecular weight is 216 g/mol. The van der Waals surface area contributed by atoms with Crippen LogP contribution in [-0.2, 0) is 14.3 Å². The number of hydrogen-bond donors (Lipinski definition) is 2. The molecule has 15 heavy (non-hydrogen) atoms. The van der Waals surface area contributed by atoms with E-state index in [1.54, 1.807) is 7.05 Å². The third-order valence-electron chi connectivity index (χ3n) is 2.85. The van der Waals surface area contributed by atoms with E-state index in [2.05, 4.69) is 5.32 Å². The molecule has 2 aliphatic rings. The fraction of sp³-hybridized carbons (Fsp3) is 0.889. The van der Waals surface area contributed by atoms with Crippen molar-refractivity contribution in [3.05, 3.63) is 0 Å². The molecule has 1 atom stereocenters. The standard InChI is InChI=1S/C9H16N2O4/c1-10-6-11-5-9(14-2-3-15-9)4-7(11)8(12)13/h7,10H,2-6H2,1H3,(H,12,13). The van der Waals surface area contributed by atoms with Crippen molar-refractivity contribution >= 4 is 5.97 Å². The van der Waals surface area contributed by atoms with Gasteiger partial charge in [0.05, 0.1) is 19.8 Å². The average Bonchev–Trinajstić information content (AvgIpc) is 2.76. The summed E-state index contributed by atoms with van der Waals surface area (Å²) in [5, 5.41) is 12.0. The Morgan fingerprint density at radius 2 is 2.27 bits per heavy atom. The van der Waals surface area contributed by atoms with Gasteiger partial charge in [0, 0.05) is 13.1 Å². The summed E-state index contributed by atoms with van der Waals surface area (Å²) >= 11 is 0. The van der Waals surface area contributed by atoms with Crippen molar-refractivity contribution in [2.45, 2.75) is 18.2 Å². The quantitative estimate of drug-likeness (QED) is 0.635. The van der Waals surface area contributed by atoms with Gasteiger partial charge in [-0.05, 0) is 7.05 Å². The van der Waals surface area contributed by atoms with Crippen LogP contribution in [0.4, 0.5) is 0 Å². The van der Waals surface area contributed by atoms with Crippen molar-refractivity contribution in [2.75, 3.05) is 33.5 Å². The molecule has 0 aromatic rings. The maximum absolute atomic E-state index is 11.0. The van der Waals surface area contributed by atoms with Crippen molar-refractivity contribution in [1.82, 2.24) is 10.2 Å². The second-order valence-electron chi connectivity index (χ2n) is 3.92. The normalized spacial score (nSPS) is 30.1. The molecular weight excluding hydrogens is 200 g/mol. The molecule has 2 aliphatic heterocycles. The van der Waals surface area contributed by atoms with Crippen molar-refractivity contribution in [2.24, 2.45) is 0 Å². The Kier molecular flexibility index (Phi) is 2.92. The molecule has 0 radical (unpaired) electrons. The number of ether oxygens (including phenoxy) is 2. The van der Waals surface area contributed by atoms with Crippen molar-refractivity contribution in [3.63, 3.8) is 0 Å². The molecule has 2 rings (SSSR count). The highest BCUT2D eigenvalue weighted by atomic mass is 16.7. The molecule has 6 heteroatoms. The van der Waals surface area contributed by atoms with Gasteiger partial charge < -0.3 is 19.9 Å². The summed E-state index contributed by atoms with van der Waals surface area (Å²) in [5.74, 6) is -1.50. The summed E-state index contributed by atoms with van der Waals surface area (Å²) in [6.07, 6.45) is 0.407. The molecule has 0 aromatic heterocycles. The fourth-order valence-electron chi connectivity index (χ4n) is 2.23. The zero-order valence-corrected chi connectivity index (χ0v) is 8.73. The van der Waals surface area contributed by atoms with E-state index in [1.165, 1.54) is 0 Å². The Balaban J connectivity index is 2.07. The Morgan fingerprint density at radius 3 is 2.80 bits per heavy atom. The lowest BCUT2D eigenvalue weighted by Gasteiger charge is -2.22. The minimum atomic E-state index is -0.818. The highest BCUT2D eigenvalue weighted by Gasteiger charge is 2.50. The number of nitrogens with one attached hydrogen (secondary N) is 1. The number of nitrogens with zero attached hydrogens (tertiary/aromatic N) is 1. The predicted octanol–water partition coefficient (Wildman–Crippen LogP) is -0.935. The number of likely N-dealkylation sites (tertiary alicyclic amines) is 1. The Morgan fingerprint density at radius 1 is 1.60 bits per heavy atom. The first kappa shape index (κ1) is 10.8. The molecule has 0 bridgehead atoms. The van der Waals surface area contributed by atoms with E-state index in [9.17, 15) is 4.79 Å². The van der Waals surface area contributed by atoms with E-state index in [4.69, 9.17) is 14.6 Å². The summed E-state index contributed by atoms with van der Waals surface area (Å²) in [5.41, 5.74) is 0. The Hall–Kier alpha value is -0.690. The fourth-order valence-corrected chi connectivity index (χ4v) is 2.23. The molecule has 0 aliphatic carbocycles. The zero-order chi connectivity index (χ0) is 10.9. The van der Waals surface area contributed by atoms with Crippen LogP contribution in [0, 0.1) is 0 Å². The molecule has 2 N–H and O–H groups in total. The SMILES string of the molecule is CNCN1CC2(CC1C(=O)O)OCCO2. The van der Waals surface area contributed by atoms with E-state index in [0.29, 0.717) is 32.8 Å². The minimum absolute atomic E-state index is 0.407. The van der Waals surface area contributed by atoms with Gasteiger partial charge in [0.25, 0.3) is 0 Å². The highest BCUT2D eigenvalue weighted by Crippen LogP contribution is 2.34. The van der Waals surface area contributed by atoms with Crippen LogP contribution in [0.5, 0.6) is 0 Å². The topological polar surface area (TPSA) is 71.0 Å². The summed E-state index contributed by atoms with van der Waals surface area (Å²) in [7, 11) is 1.79. The molecule has 0 saturated carbocycles. The van der Waals surface area contributed by atoms with Gasteiger partial charge in [0.15, 0.2) is 5.79 Å². The minimum Gasteiger partial charge on any atom is -0.480 e. The molecule has 86 valence electrons. The summed E-state index contributed by atoms with van der Waals surface area (Å²) < 4.78 is 11.0. The van der Waals surface area contributed by atoms with E-state index in [1.807, 2.05) is 4.90 Å². The smallest absolute Gasteiger partial charge is 0.321 e. The Labute approximate surface area is 88.1 Å². The number of aliphatic carboxylic acids is 1. The van der Waals surface area contributed by atoms with Gasteiger partial charge in [0.2, 0.25) is 0 Å². The largest absolute Gasteiger partial charge is 0.480 e. The summed E-state index contributed by atoms with van der Waals surface area (Å²) in [6, 6.07) is -0.518. The van der Waals surface area contributed by atoms with E-state index < -0.39 is 17.8 Å². The molecule has 1 unspecified atom stereocenters. The first-order valence-corrected chi connectivity index (χ1v) is 5.06. The number of carboxylic acid groups (broad SMARTS) is 1. The predicted molar refractivity (Wildman–Crippen MR) is 51.3 cm³/mol.